The maximum atomic E-state index is 4.24. The molecule has 2 aliphatic rings. The Bertz CT molecular complexity index is 369. The van der Waals surface area contributed by atoms with Crippen LogP contribution in [0.5, 0.6) is 0 Å². The van der Waals surface area contributed by atoms with Crippen molar-refractivity contribution >= 4 is 21.6 Å². The van der Waals surface area contributed by atoms with E-state index in [-0.39, 0.29) is 0 Å². The fourth-order valence-corrected chi connectivity index (χ4v) is 2.95. The van der Waals surface area contributed by atoms with Crippen molar-refractivity contribution in [1.82, 2.24) is 9.88 Å². The molecule has 1 aromatic heterocycles. The van der Waals surface area contributed by atoms with E-state index in [4.69, 9.17) is 0 Å². The van der Waals surface area contributed by atoms with Crippen LogP contribution in [-0.4, -0.2) is 42.1 Å². The molecule has 2 fully saturated rings. The maximum absolute atomic E-state index is 4.24. The summed E-state index contributed by atoms with van der Waals surface area (Å²) in [5.74, 6) is 0. The normalized spacial score (nSPS) is 29.5. The first-order valence-corrected chi connectivity index (χ1v) is 6.22. The van der Waals surface area contributed by atoms with Crippen molar-refractivity contribution in [2.75, 3.05) is 31.1 Å². The molecule has 2 saturated heterocycles. The SMILES string of the molecule is Brc1cncc(N2CCN3CCC2C3)c1. The lowest BCUT2D eigenvalue weighted by Gasteiger charge is -2.35. The standard InChI is InChI=1S/C11H14BrN3/c12-9-5-11(7-13-6-9)15-4-3-14-2-1-10(15)8-14/h5-7,10H,1-4,8H2. The van der Waals surface area contributed by atoms with Gasteiger partial charge in [0.2, 0.25) is 0 Å². The molecule has 2 aliphatic heterocycles. The summed E-state index contributed by atoms with van der Waals surface area (Å²) in [5.41, 5.74) is 1.26. The van der Waals surface area contributed by atoms with Gasteiger partial charge in [-0.25, -0.2) is 0 Å². The minimum atomic E-state index is 0.704. The number of piperazine rings is 1. The van der Waals surface area contributed by atoms with Crippen molar-refractivity contribution in [3.63, 3.8) is 0 Å². The molecule has 3 rings (SSSR count). The largest absolute Gasteiger partial charge is 0.365 e. The van der Waals surface area contributed by atoms with E-state index in [9.17, 15) is 0 Å². The molecular weight excluding hydrogens is 254 g/mol. The lowest BCUT2D eigenvalue weighted by atomic mass is 10.2. The predicted molar refractivity (Wildman–Crippen MR) is 64.1 cm³/mol. The van der Waals surface area contributed by atoms with Crippen molar-refractivity contribution < 1.29 is 0 Å². The van der Waals surface area contributed by atoms with Gasteiger partial charge in [-0.2, -0.15) is 0 Å². The highest BCUT2D eigenvalue weighted by atomic mass is 79.9. The van der Waals surface area contributed by atoms with Crippen LogP contribution in [0.3, 0.4) is 0 Å². The van der Waals surface area contributed by atoms with E-state index < -0.39 is 0 Å². The topological polar surface area (TPSA) is 19.4 Å². The van der Waals surface area contributed by atoms with Gasteiger partial charge in [0.15, 0.2) is 0 Å². The summed E-state index contributed by atoms with van der Waals surface area (Å²) in [4.78, 5) is 9.29. The Morgan fingerprint density at radius 3 is 3.07 bits per heavy atom. The van der Waals surface area contributed by atoms with Crippen LogP contribution in [0.2, 0.25) is 0 Å². The number of pyridine rings is 1. The highest BCUT2D eigenvalue weighted by molar-refractivity contribution is 9.10. The monoisotopic (exact) mass is 267 g/mol. The van der Waals surface area contributed by atoms with E-state index in [2.05, 4.69) is 36.8 Å². The molecule has 2 bridgehead atoms. The number of nitrogens with zero attached hydrogens (tertiary/aromatic N) is 3. The van der Waals surface area contributed by atoms with Gasteiger partial charge < -0.3 is 4.90 Å². The highest BCUT2D eigenvalue weighted by Crippen LogP contribution is 2.27. The van der Waals surface area contributed by atoms with Gasteiger partial charge in [-0.05, 0) is 28.4 Å². The first-order chi connectivity index (χ1) is 7.33. The number of halogens is 1. The van der Waals surface area contributed by atoms with Gasteiger partial charge in [-0.3, -0.25) is 9.88 Å². The number of hydrogen-bond acceptors (Lipinski definition) is 3. The van der Waals surface area contributed by atoms with E-state index in [0.717, 1.165) is 11.0 Å². The molecule has 0 spiro atoms. The molecule has 0 saturated carbocycles. The first kappa shape index (κ1) is 9.60. The van der Waals surface area contributed by atoms with E-state index >= 15 is 0 Å². The van der Waals surface area contributed by atoms with Crippen LogP contribution in [0.15, 0.2) is 22.9 Å². The average Bonchev–Trinajstić information content (AvgIpc) is 2.61. The van der Waals surface area contributed by atoms with E-state index in [1.807, 2.05) is 12.4 Å². The van der Waals surface area contributed by atoms with Gasteiger partial charge in [-0.1, -0.05) is 0 Å². The Balaban J connectivity index is 1.87. The van der Waals surface area contributed by atoms with Crippen molar-refractivity contribution in [1.29, 1.82) is 0 Å². The highest BCUT2D eigenvalue weighted by Gasteiger charge is 2.32. The van der Waals surface area contributed by atoms with Crippen LogP contribution in [-0.2, 0) is 0 Å². The van der Waals surface area contributed by atoms with Gasteiger partial charge in [0.1, 0.15) is 0 Å². The van der Waals surface area contributed by atoms with Gasteiger partial charge in [0.25, 0.3) is 0 Å². The molecule has 0 radical (unpaired) electrons. The number of hydrogen-bond donors (Lipinski definition) is 0. The average molecular weight is 268 g/mol. The summed E-state index contributed by atoms with van der Waals surface area (Å²) in [5, 5.41) is 0. The van der Waals surface area contributed by atoms with E-state index in [0.29, 0.717) is 6.04 Å². The lowest BCUT2D eigenvalue weighted by molar-refractivity contribution is 0.310. The molecule has 0 amide bonds. The third-order valence-electron chi connectivity index (χ3n) is 3.37. The fraction of sp³-hybridized carbons (Fsp3) is 0.545. The molecule has 0 aromatic carbocycles. The number of rotatable bonds is 1. The summed E-state index contributed by atoms with van der Waals surface area (Å²) in [6.45, 7) is 4.83. The zero-order valence-corrected chi connectivity index (χ0v) is 10.2. The molecule has 2 atom stereocenters. The van der Waals surface area contributed by atoms with Gasteiger partial charge in [-0.15, -0.1) is 0 Å². The van der Waals surface area contributed by atoms with Crippen LogP contribution < -0.4 is 4.90 Å². The maximum Gasteiger partial charge on any atom is 0.0567 e. The molecule has 3 heterocycles. The minimum absolute atomic E-state index is 0.704. The Morgan fingerprint density at radius 1 is 1.27 bits per heavy atom. The van der Waals surface area contributed by atoms with E-state index in [1.165, 1.54) is 31.7 Å². The van der Waals surface area contributed by atoms with Gasteiger partial charge in [0.05, 0.1) is 11.9 Å². The third-order valence-corrected chi connectivity index (χ3v) is 3.80. The van der Waals surface area contributed by atoms with Crippen LogP contribution >= 0.6 is 15.9 Å². The Kier molecular flexibility index (Phi) is 2.41. The smallest absolute Gasteiger partial charge is 0.0567 e. The molecule has 80 valence electrons. The fourth-order valence-electron chi connectivity index (χ4n) is 2.60. The second-order valence-corrected chi connectivity index (χ2v) is 5.21. The Hall–Kier alpha value is -0.610. The summed E-state index contributed by atoms with van der Waals surface area (Å²) >= 11 is 3.48. The van der Waals surface area contributed by atoms with Crippen LogP contribution in [0.1, 0.15) is 6.42 Å². The van der Waals surface area contributed by atoms with Crippen molar-refractivity contribution in [2.24, 2.45) is 0 Å². The zero-order valence-electron chi connectivity index (χ0n) is 8.56. The number of fused-ring (bicyclic) bond motifs is 2. The molecule has 2 unspecified atom stereocenters. The first-order valence-electron chi connectivity index (χ1n) is 5.42. The van der Waals surface area contributed by atoms with Crippen LogP contribution in [0.25, 0.3) is 0 Å². The van der Waals surface area contributed by atoms with Gasteiger partial charge >= 0.3 is 0 Å². The molecule has 3 nitrogen and oxygen atoms in total. The minimum Gasteiger partial charge on any atom is -0.365 e. The molecule has 0 N–H and O–H groups in total. The lowest BCUT2D eigenvalue weighted by Crippen LogP contribution is -2.46. The second kappa shape index (κ2) is 3.76. The molecular formula is C11H14BrN3. The summed E-state index contributed by atoms with van der Waals surface area (Å²) in [6, 6.07) is 2.87. The predicted octanol–water partition coefficient (Wildman–Crippen LogP) is 1.74. The molecule has 4 heteroatoms. The van der Waals surface area contributed by atoms with Gasteiger partial charge in [0, 0.05) is 42.9 Å². The third kappa shape index (κ3) is 1.76. The Morgan fingerprint density at radius 2 is 2.20 bits per heavy atom. The van der Waals surface area contributed by atoms with Crippen molar-refractivity contribution in [3.8, 4) is 0 Å². The summed E-state index contributed by atoms with van der Waals surface area (Å²) in [6.07, 6.45) is 5.11. The number of anilines is 1. The molecule has 15 heavy (non-hydrogen) atoms. The molecule has 0 aliphatic carbocycles. The van der Waals surface area contributed by atoms with Crippen LogP contribution in [0, 0.1) is 0 Å². The van der Waals surface area contributed by atoms with Crippen molar-refractivity contribution in [2.45, 2.75) is 12.5 Å². The van der Waals surface area contributed by atoms with Crippen LogP contribution in [0.4, 0.5) is 5.69 Å². The Labute approximate surface area is 98.2 Å². The van der Waals surface area contributed by atoms with E-state index in [1.54, 1.807) is 0 Å². The summed E-state index contributed by atoms with van der Waals surface area (Å²) in [7, 11) is 0. The zero-order chi connectivity index (χ0) is 10.3. The van der Waals surface area contributed by atoms with Crippen molar-refractivity contribution in [3.05, 3.63) is 22.9 Å². The molecule has 1 aromatic rings. The quantitative estimate of drug-likeness (QED) is 0.773. The summed E-state index contributed by atoms with van der Waals surface area (Å²) < 4.78 is 1.07. The number of aromatic nitrogens is 1. The second-order valence-electron chi connectivity index (χ2n) is 4.30.